The molecular weight excluding hydrogens is 727 g/mol. The molecule has 0 bridgehead atoms. The monoisotopic (exact) mass is 757 g/mol. The lowest BCUT2D eigenvalue weighted by molar-refractivity contribution is 0.669. The van der Waals surface area contributed by atoms with Crippen LogP contribution in [-0.4, -0.2) is 15.0 Å². The fourth-order valence-electron chi connectivity index (χ4n) is 8.38. The van der Waals surface area contributed by atoms with Crippen molar-refractivity contribution in [2.75, 3.05) is 0 Å². The molecule has 9 aromatic carbocycles. The van der Waals surface area contributed by atoms with Gasteiger partial charge in [-0.05, 0) is 104 Å². The van der Waals surface area contributed by atoms with Gasteiger partial charge in [-0.25, -0.2) is 15.0 Å². The summed E-state index contributed by atoms with van der Waals surface area (Å²) in [5.74, 6) is 1.94. The van der Waals surface area contributed by atoms with Crippen LogP contribution in [0.3, 0.4) is 0 Å². The van der Waals surface area contributed by atoms with E-state index in [1.807, 2.05) is 29.5 Å². The molecule has 5 heteroatoms. The maximum absolute atomic E-state index is 6.43. The van der Waals surface area contributed by atoms with Crippen molar-refractivity contribution in [2.24, 2.45) is 0 Å². The molecule has 58 heavy (non-hydrogen) atoms. The summed E-state index contributed by atoms with van der Waals surface area (Å²) in [6.45, 7) is 0. The second-order valence-corrected chi connectivity index (χ2v) is 15.9. The summed E-state index contributed by atoms with van der Waals surface area (Å²) < 4.78 is 8.95. The number of furan rings is 1. The first-order chi connectivity index (χ1) is 28.7. The minimum atomic E-state index is 0.641. The van der Waals surface area contributed by atoms with E-state index in [-0.39, 0.29) is 0 Å². The van der Waals surface area contributed by atoms with Gasteiger partial charge in [0.1, 0.15) is 11.2 Å². The molecule has 3 aromatic heterocycles. The third-order valence-electron chi connectivity index (χ3n) is 11.3. The summed E-state index contributed by atoms with van der Waals surface area (Å²) in [6, 6.07) is 66.5. The van der Waals surface area contributed by atoms with Crippen LogP contribution in [0.1, 0.15) is 0 Å². The van der Waals surface area contributed by atoms with Crippen molar-refractivity contribution < 1.29 is 4.42 Å². The van der Waals surface area contributed by atoms with Crippen LogP contribution in [0.15, 0.2) is 192 Å². The molecule has 3 heterocycles. The average molecular weight is 758 g/mol. The minimum absolute atomic E-state index is 0.641. The highest BCUT2D eigenvalue weighted by Gasteiger charge is 2.17. The van der Waals surface area contributed by atoms with E-state index >= 15 is 0 Å². The molecule has 0 saturated carbocycles. The Hall–Kier alpha value is -7.47. The maximum atomic E-state index is 6.43. The van der Waals surface area contributed by atoms with Crippen LogP contribution in [-0.2, 0) is 0 Å². The summed E-state index contributed by atoms with van der Waals surface area (Å²) in [5.41, 5.74) is 9.24. The molecule has 0 aliphatic heterocycles. The van der Waals surface area contributed by atoms with Gasteiger partial charge in [0.15, 0.2) is 17.5 Å². The van der Waals surface area contributed by atoms with Crippen LogP contribution >= 0.6 is 11.3 Å². The molecule has 0 fully saturated rings. The Labute approximate surface area is 337 Å². The Morgan fingerprint density at radius 2 is 0.897 bits per heavy atom. The van der Waals surface area contributed by atoms with Gasteiger partial charge in [-0.2, -0.15) is 0 Å². The molecule has 270 valence electrons. The van der Waals surface area contributed by atoms with Gasteiger partial charge >= 0.3 is 0 Å². The van der Waals surface area contributed by atoms with Gasteiger partial charge in [0.05, 0.1) is 0 Å². The van der Waals surface area contributed by atoms with E-state index in [0.29, 0.717) is 17.5 Å². The molecule has 0 radical (unpaired) electrons. The molecular formula is C53H31N3OS. The lowest BCUT2D eigenvalue weighted by atomic mass is 9.95. The van der Waals surface area contributed by atoms with Crippen molar-refractivity contribution in [1.29, 1.82) is 0 Å². The lowest BCUT2D eigenvalue weighted by Crippen LogP contribution is -2.00. The first kappa shape index (κ1) is 32.7. The number of nitrogens with zero attached hydrogens (tertiary/aromatic N) is 3. The van der Waals surface area contributed by atoms with Gasteiger partial charge in [-0.15, -0.1) is 11.3 Å². The van der Waals surface area contributed by atoms with Gasteiger partial charge in [0.2, 0.25) is 0 Å². The van der Waals surface area contributed by atoms with Crippen molar-refractivity contribution in [3.8, 4) is 56.4 Å². The van der Waals surface area contributed by atoms with E-state index in [1.54, 1.807) is 0 Å². The van der Waals surface area contributed by atoms with Crippen LogP contribution < -0.4 is 0 Å². The molecule has 0 saturated heterocycles. The van der Waals surface area contributed by atoms with Gasteiger partial charge in [0, 0.05) is 47.6 Å². The summed E-state index contributed by atoms with van der Waals surface area (Å²) in [4.78, 5) is 15.2. The summed E-state index contributed by atoms with van der Waals surface area (Å²) in [6.07, 6.45) is 0. The fourth-order valence-corrected chi connectivity index (χ4v) is 9.47. The number of aromatic nitrogens is 3. The number of hydrogen-bond donors (Lipinski definition) is 0. The Bertz CT molecular complexity index is 3590. The predicted molar refractivity (Wildman–Crippen MR) is 242 cm³/mol. The van der Waals surface area contributed by atoms with Crippen molar-refractivity contribution in [2.45, 2.75) is 0 Å². The third kappa shape index (κ3) is 5.47. The van der Waals surface area contributed by atoms with Crippen LogP contribution in [0, 0.1) is 0 Å². The summed E-state index contributed by atoms with van der Waals surface area (Å²) in [5, 5.41) is 9.41. The zero-order valence-electron chi connectivity index (χ0n) is 31.1. The number of hydrogen-bond acceptors (Lipinski definition) is 5. The number of rotatable bonds is 5. The van der Waals surface area contributed by atoms with E-state index in [9.17, 15) is 0 Å². The maximum Gasteiger partial charge on any atom is 0.164 e. The number of fused-ring (bicyclic) bond motifs is 8. The molecule has 12 aromatic rings. The highest BCUT2D eigenvalue weighted by atomic mass is 32.1. The zero-order valence-corrected chi connectivity index (χ0v) is 31.9. The Balaban J connectivity index is 0.950. The number of thiophene rings is 1. The van der Waals surface area contributed by atoms with Crippen LogP contribution in [0.2, 0.25) is 0 Å². The minimum Gasteiger partial charge on any atom is -0.456 e. The van der Waals surface area contributed by atoms with Gasteiger partial charge in [-0.1, -0.05) is 127 Å². The quantitative estimate of drug-likeness (QED) is 0.175. The average Bonchev–Trinajstić information content (AvgIpc) is 3.86. The zero-order chi connectivity index (χ0) is 38.2. The molecule has 0 atom stereocenters. The Morgan fingerprint density at radius 1 is 0.328 bits per heavy atom. The first-order valence-electron chi connectivity index (χ1n) is 19.4. The second kappa shape index (κ2) is 13.1. The van der Waals surface area contributed by atoms with Crippen LogP contribution in [0.4, 0.5) is 0 Å². The largest absolute Gasteiger partial charge is 0.456 e. The summed E-state index contributed by atoms with van der Waals surface area (Å²) >= 11 is 1.81. The predicted octanol–water partition coefficient (Wildman–Crippen LogP) is 14.8. The van der Waals surface area contributed by atoms with Crippen molar-refractivity contribution in [1.82, 2.24) is 15.0 Å². The second-order valence-electron chi connectivity index (χ2n) is 14.8. The van der Waals surface area contributed by atoms with E-state index in [0.717, 1.165) is 60.5 Å². The normalized spacial score (nSPS) is 11.8. The van der Waals surface area contributed by atoms with Crippen molar-refractivity contribution in [3.05, 3.63) is 188 Å². The van der Waals surface area contributed by atoms with E-state index in [1.165, 1.54) is 42.1 Å². The van der Waals surface area contributed by atoms with Gasteiger partial charge < -0.3 is 4.42 Å². The van der Waals surface area contributed by atoms with Crippen molar-refractivity contribution in [3.63, 3.8) is 0 Å². The SMILES string of the molecule is c1ccc(-c2nc(-c3ccc4cc(-c5cccc6oc7ccc(-c8ccc9ccccc9c8)cc7c56)ccc4c3)nc(-c3ccc4sc5ccccc5c4c3)n2)cc1. The molecule has 12 rings (SSSR count). The van der Waals surface area contributed by atoms with E-state index < -0.39 is 0 Å². The Morgan fingerprint density at radius 3 is 1.76 bits per heavy atom. The van der Waals surface area contributed by atoms with E-state index in [4.69, 9.17) is 19.4 Å². The fraction of sp³-hybridized carbons (Fsp3) is 0. The lowest BCUT2D eigenvalue weighted by Gasteiger charge is -2.10. The molecule has 0 spiro atoms. The van der Waals surface area contributed by atoms with Gasteiger partial charge in [0.25, 0.3) is 0 Å². The standard InChI is InChI=1S/C53H31N3OS/c1-2-10-33(11-3-1)51-54-52(56-53(55-51)41-24-26-49-44(31-41)43-13-6-7-16-48(43)58-49)40-22-20-36-28-39(21-19-37(36)29-40)42-14-8-15-47-50(42)45-30-38(23-25-46(45)57-47)35-18-17-32-9-4-5-12-34(32)27-35/h1-31H. The highest BCUT2D eigenvalue weighted by Crippen LogP contribution is 2.40. The molecule has 0 N–H and O–H groups in total. The van der Waals surface area contributed by atoms with Crippen LogP contribution in [0.5, 0.6) is 0 Å². The molecule has 0 aliphatic rings. The van der Waals surface area contributed by atoms with Crippen LogP contribution in [0.25, 0.3) is 120 Å². The number of benzene rings is 9. The van der Waals surface area contributed by atoms with Crippen molar-refractivity contribution >= 4 is 75.0 Å². The molecule has 0 unspecified atom stereocenters. The topological polar surface area (TPSA) is 51.8 Å². The Kier molecular flexibility index (Phi) is 7.37. The smallest absolute Gasteiger partial charge is 0.164 e. The molecule has 0 aliphatic carbocycles. The molecule has 0 amide bonds. The molecule has 4 nitrogen and oxygen atoms in total. The van der Waals surface area contributed by atoms with Gasteiger partial charge in [-0.3, -0.25) is 0 Å². The highest BCUT2D eigenvalue weighted by molar-refractivity contribution is 7.25. The van der Waals surface area contributed by atoms with E-state index in [2.05, 4.69) is 170 Å². The first-order valence-corrected chi connectivity index (χ1v) is 20.2. The third-order valence-corrected chi connectivity index (χ3v) is 12.4. The summed E-state index contributed by atoms with van der Waals surface area (Å²) in [7, 11) is 0.